The lowest BCUT2D eigenvalue weighted by atomic mass is 10.1. The number of carbonyl (C=O) groups excluding carboxylic acids is 1. The molecular formula is C17H24N2O3S. The minimum atomic E-state index is -3.33. The van der Waals surface area contributed by atoms with Gasteiger partial charge < -0.3 is 4.90 Å². The first kappa shape index (κ1) is 16.5. The fourth-order valence-electron chi connectivity index (χ4n) is 3.47. The third-order valence-electron chi connectivity index (χ3n) is 4.77. The zero-order chi connectivity index (χ0) is 16.4. The van der Waals surface area contributed by atoms with E-state index in [0.717, 1.165) is 36.9 Å². The van der Waals surface area contributed by atoms with Crippen LogP contribution in [0, 0.1) is 6.92 Å². The maximum atomic E-state index is 12.7. The number of piperidine rings is 1. The summed E-state index contributed by atoms with van der Waals surface area (Å²) in [5.74, 6) is 0.210. The van der Waals surface area contributed by atoms with Crippen molar-refractivity contribution in [2.45, 2.75) is 44.4 Å². The highest BCUT2D eigenvalue weighted by Gasteiger charge is 2.35. The molecule has 2 aliphatic rings. The monoisotopic (exact) mass is 336 g/mol. The van der Waals surface area contributed by atoms with Crippen molar-refractivity contribution in [1.82, 2.24) is 9.21 Å². The normalized spacial score (nSPS) is 23.4. The van der Waals surface area contributed by atoms with Gasteiger partial charge in [0.15, 0.2) is 0 Å². The molecule has 0 bridgehead atoms. The highest BCUT2D eigenvalue weighted by atomic mass is 32.2. The van der Waals surface area contributed by atoms with Crippen molar-refractivity contribution < 1.29 is 13.2 Å². The van der Waals surface area contributed by atoms with Gasteiger partial charge in [0.2, 0.25) is 15.9 Å². The largest absolute Gasteiger partial charge is 0.338 e. The molecule has 6 heteroatoms. The minimum Gasteiger partial charge on any atom is -0.338 e. The summed E-state index contributed by atoms with van der Waals surface area (Å²) in [4.78, 5) is 13.8. The molecular weight excluding hydrogens is 312 g/mol. The van der Waals surface area contributed by atoms with Crippen LogP contribution in [-0.2, 0) is 20.6 Å². The Morgan fingerprint density at radius 1 is 1.13 bits per heavy atom. The molecule has 1 aromatic rings. The van der Waals surface area contributed by atoms with Crippen LogP contribution in [0.2, 0.25) is 0 Å². The predicted molar refractivity (Wildman–Crippen MR) is 89.3 cm³/mol. The second-order valence-corrected chi connectivity index (χ2v) is 8.56. The molecule has 1 aromatic carbocycles. The summed E-state index contributed by atoms with van der Waals surface area (Å²) in [5, 5.41) is 0. The van der Waals surface area contributed by atoms with Crippen molar-refractivity contribution in [2.75, 3.05) is 19.6 Å². The standard InChI is InChI=1S/C17H24N2O3S/c1-14-6-8-15(9-7-14)13-23(21,22)18-10-2-4-16(12-18)19-11-3-5-17(19)20/h6-9,16H,2-5,10-13H2,1H3. The van der Waals surface area contributed by atoms with Crippen LogP contribution in [0.15, 0.2) is 24.3 Å². The molecule has 0 aromatic heterocycles. The van der Waals surface area contributed by atoms with E-state index in [9.17, 15) is 13.2 Å². The first-order valence-electron chi connectivity index (χ1n) is 8.28. The molecule has 2 aliphatic heterocycles. The molecule has 5 nitrogen and oxygen atoms in total. The summed E-state index contributed by atoms with van der Waals surface area (Å²) in [7, 11) is -3.33. The molecule has 0 N–H and O–H groups in total. The Kier molecular flexibility index (Phi) is 4.73. The van der Waals surface area contributed by atoms with Crippen LogP contribution in [0.5, 0.6) is 0 Å². The first-order chi connectivity index (χ1) is 11.0. The maximum Gasteiger partial charge on any atom is 0.222 e. The van der Waals surface area contributed by atoms with E-state index in [1.165, 1.54) is 0 Å². The molecule has 3 rings (SSSR count). The van der Waals surface area contributed by atoms with E-state index in [1.54, 1.807) is 4.31 Å². The summed E-state index contributed by atoms with van der Waals surface area (Å²) >= 11 is 0. The van der Waals surface area contributed by atoms with Crippen molar-refractivity contribution in [2.24, 2.45) is 0 Å². The van der Waals surface area contributed by atoms with E-state index in [-0.39, 0.29) is 17.7 Å². The molecule has 126 valence electrons. The number of aryl methyl sites for hydroxylation is 1. The second kappa shape index (κ2) is 6.61. The van der Waals surface area contributed by atoms with E-state index in [2.05, 4.69) is 0 Å². The van der Waals surface area contributed by atoms with E-state index >= 15 is 0 Å². The number of nitrogens with zero attached hydrogens (tertiary/aromatic N) is 2. The molecule has 1 amide bonds. The third-order valence-corrected chi connectivity index (χ3v) is 6.59. The zero-order valence-electron chi connectivity index (χ0n) is 13.6. The molecule has 23 heavy (non-hydrogen) atoms. The van der Waals surface area contributed by atoms with Crippen molar-refractivity contribution in [3.05, 3.63) is 35.4 Å². The predicted octanol–water partition coefficient (Wildman–Crippen LogP) is 1.91. The smallest absolute Gasteiger partial charge is 0.222 e. The van der Waals surface area contributed by atoms with Crippen LogP contribution in [0.3, 0.4) is 0 Å². The van der Waals surface area contributed by atoms with Crippen molar-refractivity contribution >= 4 is 15.9 Å². The summed E-state index contributed by atoms with van der Waals surface area (Å²) in [6.45, 7) is 3.77. The molecule has 2 saturated heterocycles. The van der Waals surface area contributed by atoms with Crippen LogP contribution in [0.1, 0.15) is 36.8 Å². The maximum absolute atomic E-state index is 12.7. The fraction of sp³-hybridized carbons (Fsp3) is 0.588. The Bertz CT molecular complexity index is 670. The molecule has 1 atom stereocenters. The van der Waals surface area contributed by atoms with Gasteiger partial charge in [0.25, 0.3) is 0 Å². The summed E-state index contributed by atoms with van der Waals surface area (Å²) in [6, 6.07) is 7.67. The van der Waals surface area contributed by atoms with Gasteiger partial charge in [-0.2, -0.15) is 4.31 Å². The number of hydrogen-bond donors (Lipinski definition) is 0. The lowest BCUT2D eigenvalue weighted by Crippen LogP contribution is -2.50. The van der Waals surface area contributed by atoms with Crippen molar-refractivity contribution in [3.63, 3.8) is 0 Å². The molecule has 2 fully saturated rings. The Hall–Kier alpha value is -1.40. The van der Waals surface area contributed by atoms with Crippen LogP contribution in [-0.4, -0.2) is 49.2 Å². The van der Waals surface area contributed by atoms with Crippen LogP contribution >= 0.6 is 0 Å². The third kappa shape index (κ3) is 3.75. The molecule has 0 saturated carbocycles. The number of benzene rings is 1. The van der Waals surface area contributed by atoms with E-state index in [1.807, 2.05) is 36.1 Å². The van der Waals surface area contributed by atoms with Crippen LogP contribution < -0.4 is 0 Å². The average Bonchev–Trinajstić information content (AvgIpc) is 2.96. The lowest BCUT2D eigenvalue weighted by molar-refractivity contribution is -0.130. The quantitative estimate of drug-likeness (QED) is 0.844. The van der Waals surface area contributed by atoms with Gasteiger partial charge in [0.1, 0.15) is 0 Å². The van der Waals surface area contributed by atoms with Gasteiger partial charge in [-0.3, -0.25) is 4.79 Å². The summed E-state index contributed by atoms with van der Waals surface area (Å²) in [6.07, 6.45) is 3.22. The van der Waals surface area contributed by atoms with E-state index in [4.69, 9.17) is 0 Å². The Balaban J connectivity index is 1.69. The Labute approximate surface area is 138 Å². The lowest BCUT2D eigenvalue weighted by Gasteiger charge is -2.36. The molecule has 0 aliphatic carbocycles. The number of rotatable bonds is 4. The van der Waals surface area contributed by atoms with Crippen LogP contribution in [0.4, 0.5) is 0 Å². The number of hydrogen-bond acceptors (Lipinski definition) is 3. The van der Waals surface area contributed by atoms with Gasteiger partial charge in [-0.25, -0.2) is 8.42 Å². The second-order valence-electron chi connectivity index (χ2n) is 6.59. The van der Waals surface area contributed by atoms with Gasteiger partial charge in [-0.1, -0.05) is 29.8 Å². The first-order valence-corrected chi connectivity index (χ1v) is 9.89. The summed E-state index contributed by atoms with van der Waals surface area (Å²) < 4.78 is 27.0. The van der Waals surface area contributed by atoms with Gasteiger partial charge in [0.05, 0.1) is 5.75 Å². The molecule has 1 unspecified atom stereocenters. The fourth-order valence-corrected chi connectivity index (χ4v) is 5.07. The number of sulfonamides is 1. The van der Waals surface area contributed by atoms with Gasteiger partial charge in [-0.05, 0) is 31.7 Å². The van der Waals surface area contributed by atoms with E-state index in [0.29, 0.717) is 19.5 Å². The minimum absolute atomic E-state index is 0.0357. The zero-order valence-corrected chi connectivity index (χ0v) is 14.4. The van der Waals surface area contributed by atoms with Crippen LogP contribution in [0.25, 0.3) is 0 Å². The van der Waals surface area contributed by atoms with Gasteiger partial charge in [-0.15, -0.1) is 0 Å². The topological polar surface area (TPSA) is 57.7 Å². The Morgan fingerprint density at radius 3 is 2.52 bits per heavy atom. The SMILES string of the molecule is Cc1ccc(CS(=O)(=O)N2CCCC(N3CCCC3=O)C2)cc1. The Morgan fingerprint density at radius 2 is 1.87 bits per heavy atom. The number of likely N-dealkylation sites (tertiary alicyclic amines) is 1. The van der Waals surface area contributed by atoms with Crippen molar-refractivity contribution in [3.8, 4) is 0 Å². The summed E-state index contributed by atoms with van der Waals surface area (Å²) in [5.41, 5.74) is 1.94. The highest BCUT2D eigenvalue weighted by molar-refractivity contribution is 7.88. The molecule has 2 heterocycles. The molecule has 0 radical (unpaired) electrons. The number of amides is 1. The van der Waals surface area contributed by atoms with Crippen molar-refractivity contribution in [1.29, 1.82) is 0 Å². The molecule has 0 spiro atoms. The van der Waals surface area contributed by atoms with Gasteiger partial charge >= 0.3 is 0 Å². The van der Waals surface area contributed by atoms with Gasteiger partial charge in [0, 0.05) is 32.1 Å². The highest BCUT2D eigenvalue weighted by Crippen LogP contribution is 2.24. The average molecular weight is 336 g/mol. The number of carbonyl (C=O) groups is 1. The van der Waals surface area contributed by atoms with E-state index < -0.39 is 10.0 Å².